The minimum absolute atomic E-state index is 0.0475. The largest absolute Gasteiger partial charge is 0.346 e. The molecule has 11 heteroatoms. The first kappa shape index (κ1) is 20.1. The van der Waals surface area contributed by atoms with Crippen LogP contribution in [-0.2, 0) is 17.8 Å². The predicted octanol–water partition coefficient (Wildman–Crippen LogP) is 1.77. The molecular weight excluding hydrogens is 386 g/mol. The van der Waals surface area contributed by atoms with Crippen LogP contribution in [0.4, 0.5) is 14.5 Å². The van der Waals surface area contributed by atoms with Crippen molar-refractivity contribution in [1.29, 1.82) is 0 Å². The van der Waals surface area contributed by atoms with Crippen LogP contribution in [0.5, 0.6) is 0 Å². The zero-order valence-corrected chi connectivity index (χ0v) is 15.7. The average Bonchev–Trinajstić information content (AvgIpc) is 3.23. The Morgan fingerprint density at radius 3 is 2.69 bits per heavy atom. The fourth-order valence-corrected chi connectivity index (χ4v) is 2.60. The van der Waals surface area contributed by atoms with E-state index in [1.165, 1.54) is 0 Å². The predicted molar refractivity (Wildman–Crippen MR) is 97.0 cm³/mol. The molecule has 0 saturated carbocycles. The third kappa shape index (κ3) is 5.21. The number of hydrogen-bond donors (Lipinski definition) is 2. The van der Waals surface area contributed by atoms with Crippen molar-refractivity contribution in [2.45, 2.75) is 26.8 Å². The Morgan fingerprint density at radius 2 is 2.00 bits per heavy atom. The second-order valence-corrected chi connectivity index (χ2v) is 6.27. The molecule has 0 radical (unpaired) electrons. The maximum absolute atomic E-state index is 13.6. The molecule has 0 aliphatic carbocycles. The molecule has 2 aromatic heterocycles. The molecule has 2 N–H and O–H groups in total. The molecule has 0 fully saturated rings. The second kappa shape index (κ2) is 8.59. The van der Waals surface area contributed by atoms with E-state index in [0.29, 0.717) is 19.2 Å². The molecule has 152 valence electrons. The van der Waals surface area contributed by atoms with Crippen molar-refractivity contribution < 1.29 is 22.9 Å². The van der Waals surface area contributed by atoms with Crippen molar-refractivity contribution >= 4 is 17.5 Å². The van der Waals surface area contributed by atoms with Gasteiger partial charge in [0.1, 0.15) is 11.6 Å². The van der Waals surface area contributed by atoms with Crippen LogP contribution in [0, 0.1) is 25.5 Å². The number of nitrogens with one attached hydrogen (secondary N) is 2. The molecule has 29 heavy (non-hydrogen) atoms. The summed E-state index contributed by atoms with van der Waals surface area (Å²) in [5, 5.41) is 12.7. The van der Waals surface area contributed by atoms with Gasteiger partial charge < -0.3 is 15.2 Å². The van der Waals surface area contributed by atoms with Crippen LogP contribution < -0.4 is 10.6 Å². The smallest absolute Gasteiger partial charge is 0.315 e. The zero-order chi connectivity index (χ0) is 21.0. The third-order valence-corrected chi connectivity index (χ3v) is 3.90. The number of benzene rings is 1. The van der Waals surface area contributed by atoms with Gasteiger partial charge in [-0.1, -0.05) is 5.16 Å². The molecule has 0 aliphatic rings. The number of anilines is 1. The topological polar surface area (TPSA) is 115 Å². The molecular formula is C18H18F2N6O3. The van der Waals surface area contributed by atoms with E-state index in [-0.39, 0.29) is 23.8 Å². The van der Waals surface area contributed by atoms with Crippen LogP contribution in [0.2, 0.25) is 0 Å². The van der Waals surface area contributed by atoms with Crippen LogP contribution in [0.3, 0.4) is 0 Å². The van der Waals surface area contributed by atoms with Crippen LogP contribution in [0.25, 0.3) is 0 Å². The molecule has 3 rings (SSSR count). The van der Waals surface area contributed by atoms with Crippen LogP contribution >= 0.6 is 0 Å². The van der Waals surface area contributed by atoms with Gasteiger partial charge >= 0.3 is 11.8 Å². The van der Waals surface area contributed by atoms with E-state index >= 15 is 0 Å². The molecule has 9 nitrogen and oxygen atoms in total. The molecule has 1 aromatic carbocycles. The van der Waals surface area contributed by atoms with E-state index < -0.39 is 23.4 Å². The maximum atomic E-state index is 13.6. The fraction of sp³-hybridized carbons (Fsp3) is 0.278. The lowest BCUT2D eigenvalue weighted by Gasteiger charge is -2.05. The number of carbonyl (C=O) groups is 2. The molecule has 0 bridgehead atoms. The number of aromatic nitrogens is 4. The minimum Gasteiger partial charge on any atom is -0.346 e. The first-order chi connectivity index (χ1) is 13.8. The van der Waals surface area contributed by atoms with Crippen molar-refractivity contribution in [2.24, 2.45) is 0 Å². The van der Waals surface area contributed by atoms with Crippen molar-refractivity contribution in [3.8, 4) is 0 Å². The SMILES string of the molecule is Cc1cc(C)n(CCNC(=O)c2nc(CC(=O)Nc3ccc(F)cc3F)no2)n1. The van der Waals surface area contributed by atoms with Crippen LogP contribution in [-0.4, -0.2) is 38.3 Å². The lowest BCUT2D eigenvalue weighted by Crippen LogP contribution is -2.28. The molecule has 0 unspecified atom stereocenters. The van der Waals surface area contributed by atoms with Gasteiger partial charge in [0, 0.05) is 18.3 Å². The first-order valence-electron chi connectivity index (χ1n) is 8.68. The van der Waals surface area contributed by atoms with E-state index in [2.05, 4.69) is 25.9 Å². The maximum Gasteiger partial charge on any atom is 0.315 e. The van der Waals surface area contributed by atoms with Gasteiger partial charge in [-0.3, -0.25) is 14.3 Å². The van der Waals surface area contributed by atoms with Gasteiger partial charge in [0.25, 0.3) is 0 Å². The van der Waals surface area contributed by atoms with Gasteiger partial charge in [0.2, 0.25) is 5.91 Å². The zero-order valence-electron chi connectivity index (χ0n) is 15.7. The van der Waals surface area contributed by atoms with Crippen molar-refractivity contribution in [2.75, 3.05) is 11.9 Å². The van der Waals surface area contributed by atoms with Gasteiger partial charge in [-0.2, -0.15) is 10.1 Å². The summed E-state index contributed by atoms with van der Waals surface area (Å²) in [6.45, 7) is 4.55. The number of amides is 2. The summed E-state index contributed by atoms with van der Waals surface area (Å²) >= 11 is 0. The monoisotopic (exact) mass is 404 g/mol. The highest BCUT2D eigenvalue weighted by molar-refractivity contribution is 5.92. The summed E-state index contributed by atoms with van der Waals surface area (Å²) in [6, 6.07) is 4.69. The number of halogens is 2. The molecule has 0 saturated heterocycles. The molecule has 0 aliphatic heterocycles. The molecule has 2 heterocycles. The van der Waals surface area contributed by atoms with E-state index in [9.17, 15) is 18.4 Å². The number of hydrogen-bond acceptors (Lipinski definition) is 6. The Hall–Kier alpha value is -3.63. The first-order valence-corrected chi connectivity index (χ1v) is 8.68. The Morgan fingerprint density at radius 1 is 1.21 bits per heavy atom. The summed E-state index contributed by atoms with van der Waals surface area (Å²) in [4.78, 5) is 27.9. The van der Waals surface area contributed by atoms with Crippen LogP contribution in [0.1, 0.15) is 27.9 Å². The summed E-state index contributed by atoms with van der Waals surface area (Å²) in [5.74, 6) is -3.24. The summed E-state index contributed by atoms with van der Waals surface area (Å²) in [7, 11) is 0. The van der Waals surface area contributed by atoms with E-state index in [1.807, 2.05) is 19.9 Å². The van der Waals surface area contributed by atoms with Crippen molar-refractivity contribution in [1.82, 2.24) is 25.2 Å². The minimum atomic E-state index is -0.908. The van der Waals surface area contributed by atoms with Crippen molar-refractivity contribution in [3.05, 3.63) is 59.0 Å². The number of rotatable bonds is 7. The quantitative estimate of drug-likeness (QED) is 0.620. The lowest BCUT2D eigenvalue weighted by molar-refractivity contribution is -0.115. The Bertz CT molecular complexity index is 1050. The fourth-order valence-electron chi connectivity index (χ4n) is 2.60. The Labute approximate surface area is 164 Å². The standard InChI is InChI=1S/C18H18F2N6O3/c1-10-7-11(2)26(24-10)6-5-21-17(28)18-23-15(25-29-18)9-16(27)22-14-4-3-12(19)8-13(14)20/h3-4,7-8H,5-6,9H2,1-2H3,(H,21,28)(H,22,27). The molecule has 3 aromatic rings. The van der Waals surface area contributed by atoms with Gasteiger partial charge in [0.05, 0.1) is 24.3 Å². The highest BCUT2D eigenvalue weighted by atomic mass is 19.1. The summed E-state index contributed by atoms with van der Waals surface area (Å²) in [5.41, 5.74) is 1.68. The average molecular weight is 404 g/mol. The van der Waals surface area contributed by atoms with Gasteiger partial charge in [-0.05, 0) is 32.0 Å². The summed E-state index contributed by atoms with van der Waals surface area (Å²) in [6.07, 6.45) is -0.348. The molecule has 2 amide bonds. The molecule has 0 spiro atoms. The number of carbonyl (C=O) groups excluding carboxylic acids is 2. The van der Waals surface area contributed by atoms with E-state index in [1.54, 1.807) is 4.68 Å². The van der Waals surface area contributed by atoms with E-state index in [0.717, 1.165) is 23.5 Å². The normalized spacial score (nSPS) is 10.8. The highest BCUT2D eigenvalue weighted by Gasteiger charge is 2.17. The van der Waals surface area contributed by atoms with E-state index in [4.69, 9.17) is 4.52 Å². The second-order valence-electron chi connectivity index (χ2n) is 6.27. The molecule has 0 atom stereocenters. The van der Waals surface area contributed by atoms with Crippen molar-refractivity contribution in [3.63, 3.8) is 0 Å². The number of nitrogens with zero attached hydrogens (tertiary/aromatic N) is 4. The number of aryl methyl sites for hydroxylation is 2. The van der Waals surface area contributed by atoms with Gasteiger partial charge in [0.15, 0.2) is 5.82 Å². The van der Waals surface area contributed by atoms with Crippen LogP contribution in [0.15, 0.2) is 28.8 Å². The Balaban J connectivity index is 1.50. The third-order valence-electron chi connectivity index (χ3n) is 3.90. The summed E-state index contributed by atoms with van der Waals surface area (Å²) < 4.78 is 33.1. The van der Waals surface area contributed by atoms with Gasteiger partial charge in [-0.15, -0.1) is 0 Å². The highest BCUT2D eigenvalue weighted by Crippen LogP contribution is 2.15. The lowest BCUT2D eigenvalue weighted by atomic mass is 10.3. The Kier molecular flexibility index (Phi) is 5.96. The van der Waals surface area contributed by atoms with Gasteiger partial charge in [-0.25, -0.2) is 8.78 Å².